The third-order valence-corrected chi connectivity index (χ3v) is 6.25. The first-order valence-electron chi connectivity index (χ1n) is 11.2. The summed E-state index contributed by atoms with van der Waals surface area (Å²) in [5.74, 6) is 0.368. The SMILES string of the molecule is COCC1(c2ccc(NC(=O)c3cccnc3NCc3ccncc3)cc2)CCCCC1. The molecule has 4 rings (SSSR count). The number of ether oxygens (including phenoxy) is 1. The summed E-state index contributed by atoms with van der Waals surface area (Å²) < 4.78 is 5.57. The summed E-state index contributed by atoms with van der Waals surface area (Å²) in [6, 6.07) is 15.6. The maximum absolute atomic E-state index is 13.0. The van der Waals surface area contributed by atoms with Crippen LogP contribution in [0.4, 0.5) is 11.5 Å². The van der Waals surface area contributed by atoms with Gasteiger partial charge in [-0.1, -0.05) is 31.4 Å². The highest BCUT2D eigenvalue weighted by Gasteiger charge is 2.33. The second-order valence-electron chi connectivity index (χ2n) is 8.41. The molecule has 1 fully saturated rings. The molecule has 1 aromatic carbocycles. The maximum atomic E-state index is 13.0. The van der Waals surface area contributed by atoms with Crippen molar-refractivity contribution >= 4 is 17.4 Å². The van der Waals surface area contributed by atoms with Gasteiger partial charge in [0.15, 0.2) is 0 Å². The van der Waals surface area contributed by atoms with Gasteiger partial charge in [-0.25, -0.2) is 4.98 Å². The minimum atomic E-state index is -0.188. The Morgan fingerprint density at radius 3 is 2.47 bits per heavy atom. The number of hydrogen-bond acceptors (Lipinski definition) is 5. The van der Waals surface area contributed by atoms with Gasteiger partial charge in [0.05, 0.1) is 12.2 Å². The van der Waals surface area contributed by atoms with Gasteiger partial charge in [-0.05, 0) is 60.4 Å². The van der Waals surface area contributed by atoms with Crippen LogP contribution in [0.25, 0.3) is 0 Å². The molecule has 2 heterocycles. The number of carbonyl (C=O) groups is 1. The van der Waals surface area contributed by atoms with Gasteiger partial charge in [0.25, 0.3) is 5.91 Å². The fourth-order valence-corrected chi connectivity index (χ4v) is 4.54. The summed E-state index contributed by atoms with van der Waals surface area (Å²) in [6.07, 6.45) is 11.2. The zero-order valence-electron chi connectivity index (χ0n) is 18.5. The van der Waals surface area contributed by atoms with Crippen LogP contribution >= 0.6 is 0 Å². The van der Waals surface area contributed by atoms with E-state index in [1.165, 1.54) is 24.8 Å². The highest BCUT2D eigenvalue weighted by molar-refractivity contribution is 6.07. The average molecular weight is 431 g/mol. The van der Waals surface area contributed by atoms with E-state index >= 15 is 0 Å². The van der Waals surface area contributed by atoms with E-state index in [1.807, 2.05) is 24.3 Å². The van der Waals surface area contributed by atoms with Gasteiger partial charge in [-0.3, -0.25) is 9.78 Å². The van der Waals surface area contributed by atoms with Gasteiger partial charge in [-0.2, -0.15) is 0 Å². The topological polar surface area (TPSA) is 76.1 Å². The molecule has 3 aromatic rings. The molecule has 6 heteroatoms. The molecule has 6 nitrogen and oxygen atoms in total. The van der Waals surface area contributed by atoms with Crippen LogP contribution < -0.4 is 10.6 Å². The number of aromatic nitrogens is 2. The van der Waals surface area contributed by atoms with Gasteiger partial charge in [0.2, 0.25) is 0 Å². The minimum absolute atomic E-state index is 0.0862. The Morgan fingerprint density at radius 2 is 1.75 bits per heavy atom. The number of carbonyl (C=O) groups excluding carboxylic acids is 1. The number of nitrogens with one attached hydrogen (secondary N) is 2. The summed E-state index contributed by atoms with van der Waals surface area (Å²) in [6.45, 7) is 1.30. The number of benzene rings is 1. The predicted molar refractivity (Wildman–Crippen MR) is 127 cm³/mol. The second-order valence-corrected chi connectivity index (χ2v) is 8.41. The van der Waals surface area contributed by atoms with Crippen LogP contribution in [0.1, 0.15) is 53.6 Å². The number of hydrogen-bond donors (Lipinski definition) is 2. The van der Waals surface area contributed by atoms with E-state index in [4.69, 9.17) is 4.74 Å². The van der Waals surface area contributed by atoms with Crippen LogP contribution in [0.2, 0.25) is 0 Å². The molecule has 2 N–H and O–H groups in total. The van der Waals surface area contributed by atoms with E-state index in [1.54, 1.807) is 37.8 Å². The minimum Gasteiger partial charge on any atom is -0.384 e. The van der Waals surface area contributed by atoms with E-state index in [2.05, 4.69) is 32.7 Å². The Labute approximate surface area is 189 Å². The molecule has 32 heavy (non-hydrogen) atoms. The fraction of sp³-hybridized carbons (Fsp3) is 0.346. The molecular weight excluding hydrogens is 400 g/mol. The number of methoxy groups -OCH3 is 1. The first-order valence-corrected chi connectivity index (χ1v) is 11.2. The number of amides is 1. The zero-order chi connectivity index (χ0) is 22.2. The Bertz CT molecular complexity index is 1010. The highest BCUT2D eigenvalue weighted by Crippen LogP contribution is 2.40. The van der Waals surface area contributed by atoms with Gasteiger partial charge in [-0.15, -0.1) is 0 Å². The van der Waals surface area contributed by atoms with Crippen LogP contribution in [0.3, 0.4) is 0 Å². The van der Waals surface area contributed by atoms with Crippen LogP contribution in [0, 0.1) is 0 Å². The van der Waals surface area contributed by atoms with Crippen LogP contribution in [-0.2, 0) is 16.7 Å². The van der Waals surface area contributed by atoms with Gasteiger partial charge in [0, 0.05) is 43.3 Å². The lowest BCUT2D eigenvalue weighted by Crippen LogP contribution is -2.33. The number of rotatable bonds is 8. The fourth-order valence-electron chi connectivity index (χ4n) is 4.54. The first-order chi connectivity index (χ1) is 15.7. The van der Waals surface area contributed by atoms with Crippen molar-refractivity contribution in [3.8, 4) is 0 Å². The molecule has 0 radical (unpaired) electrons. The molecule has 0 aliphatic heterocycles. The number of pyridine rings is 2. The van der Waals surface area contributed by atoms with Crippen molar-refractivity contribution in [1.82, 2.24) is 9.97 Å². The maximum Gasteiger partial charge on any atom is 0.259 e. The van der Waals surface area contributed by atoms with Crippen LogP contribution in [-0.4, -0.2) is 29.6 Å². The van der Waals surface area contributed by atoms with Crippen molar-refractivity contribution in [3.05, 3.63) is 83.8 Å². The van der Waals surface area contributed by atoms with Gasteiger partial charge >= 0.3 is 0 Å². The van der Waals surface area contributed by atoms with E-state index in [0.717, 1.165) is 30.7 Å². The van der Waals surface area contributed by atoms with E-state index in [0.29, 0.717) is 17.9 Å². The molecule has 1 saturated carbocycles. The van der Waals surface area contributed by atoms with Crippen LogP contribution in [0.15, 0.2) is 67.1 Å². The van der Waals surface area contributed by atoms with Crippen molar-refractivity contribution < 1.29 is 9.53 Å². The number of anilines is 2. The summed E-state index contributed by atoms with van der Waals surface area (Å²) in [7, 11) is 1.78. The summed E-state index contributed by atoms with van der Waals surface area (Å²) in [5.41, 5.74) is 3.72. The molecule has 0 bridgehead atoms. The Hall–Kier alpha value is -3.25. The van der Waals surface area contributed by atoms with Crippen LogP contribution in [0.5, 0.6) is 0 Å². The van der Waals surface area contributed by atoms with E-state index in [9.17, 15) is 4.79 Å². The predicted octanol–water partition coefficient (Wildman–Crippen LogP) is 5.19. The second kappa shape index (κ2) is 10.4. The van der Waals surface area contributed by atoms with Crippen molar-refractivity contribution in [2.45, 2.75) is 44.1 Å². The summed E-state index contributed by atoms with van der Waals surface area (Å²) in [4.78, 5) is 21.4. The molecule has 2 aromatic heterocycles. The molecule has 0 saturated heterocycles. The smallest absolute Gasteiger partial charge is 0.259 e. The molecule has 1 aliphatic rings. The average Bonchev–Trinajstić information content (AvgIpc) is 2.85. The molecular formula is C26H30N4O2. The number of nitrogens with zero attached hydrogens (tertiary/aromatic N) is 2. The van der Waals surface area contributed by atoms with Crippen molar-refractivity contribution in [2.24, 2.45) is 0 Å². The lowest BCUT2D eigenvalue weighted by Gasteiger charge is -2.37. The normalized spacial score (nSPS) is 15.2. The zero-order valence-corrected chi connectivity index (χ0v) is 18.5. The summed E-state index contributed by atoms with van der Waals surface area (Å²) >= 11 is 0. The Kier molecular flexibility index (Phi) is 7.12. The lowest BCUT2D eigenvalue weighted by molar-refractivity contribution is 0.102. The molecule has 0 unspecified atom stereocenters. The van der Waals surface area contributed by atoms with Gasteiger partial charge in [0.1, 0.15) is 5.82 Å². The largest absolute Gasteiger partial charge is 0.384 e. The molecule has 1 aliphatic carbocycles. The van der Waals surface area contributed by atoms with Crippen molar-refractivity contribution in [3.63, 3.8) is 0 Å². The van der Waals surface area contributed by atoms with Crippen molar-refractivity contribution in [2.75, 3.05) is 24.4 Å². The summed E-state index contributed by atoms with van der Waals surface area (Å²) in [5, 5.41) is 6.27. The monoisotopic (exact) mass is 430 g/mol. The third kappa shape index (κ3) is 5.14. The quantitative estimate of drug-likeness (QED) is 0.514. The molecule has 166 valence electrons. The molecule has 1 amide bonds. The Morgan fingerprint density at radius 1 is 1.00 bits per heavy atom. The van der Waals surface area contributed by atoms with E-state index < -0.39 is 0 Å². The lowest BCUT2D eigenvalue weighted by atomic mass is 9.70. The van der Waals surface area contributed by atoms with Gasteiger partial charge < -0.3 is 15.4 Å². The highest BCUT2D eigenvalue weighted by atomic mass is 16.5. The molecule has 0 spiro atoms. The van der Waals surface area contributed by atoms with Crippen molar-refractivity contribution in [1.29, 1.82) is 0 Å². The standard InChI is InChI=1S/C26H30N4O2/c1-32-19-26(13-3-2-4-14-26)21-7-9-22(10-8-21)30-25(31)23-6-5-15-28-24(23)29-18-20-11-16-27-17-12-20/h5-12,15-17H,2-4,13-14,18-19H2,1H3,(H,28,29)(H,30,31). The molecule has 0 atom stereocenters. The Balaban J connectivity index is 1.45. The third-order valence-electron chi connectivity index (χ3n) is 6.25. The first kappa shape index (κ1) is 22.0. The van der Waals surface area contributed by atoms with E-state index in [-0.39, 0.29) is 11.3 Å².